The smallest absolute Gasteiger partial charge is 0.0488 e. The van der Waals surface area contributed by atoms with Gasteiger partial charge in [0.25, 0.3) is 0 Å². The predicted molar refractivity (Wildman–Crippen MR) is 103 cm³/mol. The van der Waals surface area contributed by atoms with Crippen LogP contribution in [0.15, 0.2) is 48.6 Å². The lowest BCUT2D eigenvalue weighted by molar-refractivity contribution is 0.337. The number of likely N-dealkylation sites (N-methyl/N-ethyl adjacent to an activating group) is 1. The van der Waals surface area contributed by atoms with Gasteiger partial charge in [0.2, 0.25) is 0 Å². The zero-order valence-corrected chi connectivity index (χ0v) is 15.2. The van der Waals surface area contributed by atoms with Crippen molar-refractivity contribution in [1.29, 1.82) is 0 Å². The van der Waals surface area contributed by atoms with Crippen LogP contribution >= 0.6 is 0 Å². The van der Waals surface area contributed by atoms with Gasteiger partial charge in [0.05, 0.1) is 0 Å². The third kappa shape index (κ3) is 3.81. The van der Waals surface area contributed by atoms with Crippen LogP contribution in [0, 0.1) is 0 Å². The van der Waals surface area contributed by atoms with Crippen molar-refractivity contribution in [1.82, 2.24) is 9.47 Å². The molecule has 0 atom stereocenters. The van der Waals surface area contributed by atoms with E-state index in [1.807, 2.05) is 0 Å². The standard InChI is InChI=1S/C22H30N2/c1-3-23(4-2)16-10-11-17-24-21-15-9-8-14-20(21)18-22(24)19-12-6-5-7-13-19/h5-7,10-13,18H,3-4,8-9,14-17H2,1-2H3/b11-10+. The lowest BCUT2D eigenvalue weighted by atomic mass is 9.98. The minimum Gasteiger partial charge on any atom is -0.341 e. The van der Waals surface area contributed by atoms with Gasteiger partial charge in [-0.1, -0.05) is 56.3 Å². The van der Waals surface area contributed by atoms with E-state index in [1.165, 1.54) is 36.9 Å². The van der Waals surface area contributed by atoms with E-state index in [1.54, 1.807) is 11.3 Å². The Hall–Kier alpha value is -1.80. The van der Waals surface area contributed by atoms with Crippen molar-refractivity contribution in [3.8, 4) is 11.3 Å². The van der Waals surface area contributed by atoms with Crippen molar-refractivity contribution < 1.29 is 0 Å². The second-order valence-electron chi connectivity index (χ2n) is 6.64. The maximum absolute atomic E-state index is 2.54. The molecule has 0 N–H and O–H groups in total. The molecule has 2 heteroatoms. The van der Waals surface area contributed by atoms with Crippen molar-refractivity contribution in [2.24, 2.45) is 0 Å². The first kappa shape index (κ1) is 17.0. The number of hydrogen-bond donors (Lipinski definition) is 0. The maximum Gasteiger partial charge on any atom is 0.0488 e. The van der Waals surface area contributed by atoms with Crippen molar-refractivity contribution in [3.63, 3.8) is 0 Å². The lowest BCUT2D eigenvalue weighted by Crippen LogP contribution is -2.22. The Morgan fingerprint density at radius 1 is 1.00 bits per heavy atom. The zero-order valence-electron chi connectivity index (χ0n) is 15.2. The minimum atomic E-state index is 0.987. The van der Waals surface area contributed by atoms with Crippen molar-refractivity contribution in [2.75, 3.05) is 19.6 Å². The highest BCUT2D eigenvalue weighted by Gasteiger charge is 2.18. The van der Waals surface area contributed by atoms with Gasteiger partial charge in [0.15, 0.2) is 0 Å². The fourth-order valence-corrected chi connectivity index (χ4v) is 3.71. The first-order valence-electron chi connectivity index (χ1n) is 9.47. The molecule has 2 nitrogen and oxygen atoms in total. The topological polar surface area (TPSA) is 8.17 Å². The molecule has 0 saturated heterocycles. The van der Waals surface area contributed by atoms with Crippen LogP contribution in [0.2, 0.25) is 0 Å². The fourth-order valence-electron chi connectivity index (χ4n) is 3.71. The molecular weight excluding hydrogens is 292 g/mol. The molecule has 1 aliphatic carbocycles. The Morgan fingerprint density at radius 2 is 1.75 bits per heavy atom. The summed E-state index contributed by atoms with van der Waals surface area (Å²) in [6.07, 6.45) is 9.81. The first-order chi connectivity index (χ1) is 11.8. The summed E-state index contributed by atoms with van der Waals surface area (Å²) in [4.78, 5) is 2.44. The van der Waals surface area contributed by atoms with Crippen LogP contribution in [0.1, 0.15) is 37.9 Å². The molecule has 3 rings (SSSR count). The number of benzene rings is 1. The molecule has 128 valence electrons. The molecule has 2 aromatic rings. The number of hydrogen-bond acceptors (Lipinski definition) is 1. The molecule has 0 bridgehead atoms. The van der Waals surface area contributed by atoms with Gasteiger partial charge in [-0.2, -0.15) is 0 Å². The quantitative estimate of drug-likeness (QED) is 0.656. The SMILES string of the molecule is CCN(CC)C/C=C/Cn1c(-c2ccccc2)cc2c1CCCC2. The molecule has 0 spiro atoms. The highest BCUT2D eigenvalue weighted by Crippen LogP contribution is 2.31. The van der Waals surface area contributed by atoms with Crippen LogP contribution < -0.4 is 0 Å². The number of nitrogens with zero attached hydrogens (tertiary/aromatic N) is 2. The summed E-state index contributed by atoms with van der Waals surface area (Å²) < 4.78 is 2.54. The summed E-state index contributed by atoms with van der Waals surface area (Å²) in [5, 5.41) is 0. The Bertz CT molecular complexity index is 663. The molecule has 0 amide bonds. The maximum atomic E-state index is 2.54. The molecule has 0 fully saturated rings. The number of allylic oxidation sites excluding steroid dienone is 1. The monoisotopic (exact) mass is 322 g/mol. The van der Waals surface area contributed by atoms with Gasteiger partial charge in [-0.15, -0.1) is 0 Å². The molecular formula is C22H30N2. The average Bonchev–Trinajstić information content (AvgIpc) is 3.01. The molecule has 1 aromatic heterocycles. The lowest BCUT2D eigenvalue weighted by Gasteiger charge is -2.17. The Morgan fingerprint density at radius 3 is 2.50 bits per heavy atom. The first-order valence-corrected chi connectivity index (χ1v) is 9.47. The molecule has 1 aliphatic rings. The van der Waals surface area contributed by atoms with Crippen LogP contribution in [0.5, 0.6) is 0 Å². The molecule has 0 aliphatic heterocycles. The molecule has 0 saturated carbocycles. The summed E-state index contributed by atoms with van der Waals surface area (Å²) in [6, 6.07) is 13.3. The number of aromatic nitrogens is 1. The normalized spacial score (nSPS) is 14.5. The van der Waals surface area contributed by atoms with E-state index in [2.05, 4.69) is 71.9 Å². The van der Waals surface area contributed by atoms with Crippen molar-refractivity contribution in [3.05, 3.63) is 59.8 Å². The van der Waals surface area contributed by atoms with Gasteiger partial charge >= 0.3 is 0 Å². The van der Waals surface area contributed by atoms with E-state index < -0.39 is 0 Å². The second kappa shape index (κ2) is 8.34. The van der Waals surface area contributed by atoms with E-state index >= 15 is 0 Å². The summed E-state index contributed by atoms with van der Waals surface area (Å²) >= 11 is 0. The van der Waals surface area contributed by atoms with Gasteiger partial charge in [-0.25, -0.2) is 0 Å². The third-order valence-corrected chi connectivity index (χ3v) is 5.19. The van der Waals surface area contributed by atoms with Crippen molar-refractivity contribution >= 4 is 0 Å². The highest BCUT2D eigenvalue weighted by atomic mass is 15.1. The molecule has 1 heterocycles. The molecule has 0 radical (unpaired) electrons. The van der Waals surface area contributed by atoms with E-state index in [-0.39, 0.29) is 0 Å². The fraction of sp³-hybridized carbons (Fsp3) is 0.455. The van der Waals surface area contributed by atoms with E-state index in [0.29, 0.717) is 0 Å². The molecule has 1 aromatic carbocycles. The number of rotatable bonds is 7. The summed E-state index contributed by atoms with van der Waals surface area (Å²) in [5.41, 5.74) is 5.85. The van der Waals surface area contributed by atoms with Crippen LogP contribution in [0.3, 0.4) is 0 Å². The summed E-state index contributed by atoms with van der Waals surface area (Å²) in [5.74, 6) is 0. The Kier molecular flexibility index (Phi) is 5.92. The number of aryl methyl sites for hydroxylation is 1. The largest absolute Gasteiger partial charge is 0.341 e. The summed E-state index contributed by atoms with van der Waals surface area (Å²) in [7, 11) is 0. The van der Waals surface area contributed by atoms with Crippen molar-refractivity contribution in [2.45, 2.75) is 46.1 Å². The van der Waals surface area contributed by atoms with Crippen LogP contribution in [-0.4, -0.2) is 29.1 Å². The zero-order chi connectivity index (χ0) is 16.8. The van der Waals surface area contributed by atoms with Gasteiger partial charge < -0.3 is 9.47 Å². The minimum absolute atomic E-state index is 0.987. The second-order valence-corrected chi connectivity index (χ2v) is 6.64. The van der Waals surface area contributed by atoms with Crippen LogP contribution in [-0.2, 0) is 19.4 Å². The third-order valence-electron chi connectivity index (χ3n) is 5.19. The average molecular weight is 322 g/mol. The van der Waals surface area contributed by atoms with Crippen LogP contribution in [0.25, 0.3) is 11.3 Å². The Labute approximate surface area is 146 Å². The van der Waals surface area contributed by atoms with Gasteiger partial charge in [0, 0.05) is 24.5 Å². The van der Waals surface area contributed by atoms with Gasteiger partial charge in [0.1, 0.15) is 0 Å². The van der Waals surface area contributed by atoms with E-state index in [4.69, 9.17) is 0 Å². The van der Waals surface area contributed by atoms with Gasteiger partial charge in [-0.3, -0.25) is 0 Å². The molecule has 24 heavy (non-hydrogen) atoms. The Balaban J connectivity index is 1.83. The molecule has 0 unspecified atom stereocenters. The summed E-state index contributed by atoms with van der Waals surface area (Å²) in [6.45, 7) is 8.74. The van der Waals surface area contributed by atoms with Gasteiger partial charge in [-0.05, 0) is 56.0 Å². The van der Waals surface area contributed by atoms with E-state index in [9.17, 15) is 0 Å². The van der Waals surface area contributed by atoms with Crippen LogP contribution in [0.4, 0.5) is 0 Å². The predicted octanol–water partition coefficient (Wildman–Crippen LogP) is 4.93. The number of fused-ring (bicyclic) bond motifs is 1. The van der Waals surface area contributed by atoms with E-state index in [0.717, 1.165) is 26.2 Å². The highest BCUT2D eigenvalue weighted by molar-refractivity contribution is 5.63.